The molecule has 5 rings (SSSR count). The van der Waals surface area contributed by atoms with Gasteiger partial charge < -0.3 is 20.6 Å². The lowest BCUT2D eigenvalue weighted by molar-refractivity contribution is -0.140. The number of thioether (sulfide) groups is 1. The fraction of sp³-hybridized carbons (Fsp3) is 0.423. The van der Waals surface area contributed by atoms with Gasteiger partial charge in [-0.05, 0) is 44.0 Å². The van der Waals surface area contributed by atoms with Crippen molar-refractivity contribution in [3.05, 3.63) is 59.1 Å². The molecule has 7 nitrogen and oxygen atoms in total. The zero-order chi connectivity index (χ0) is 25.8. The minimum absolute atomic E-state index is 0.0418. The fourth-order valence-electron chi connectivity index (χ4n) is 5.96. The Morgan fingerprint density at radius 1 is 1.19 bits per heavy atom. The number of hydrogen-bond acceptors (Lipinski definition) is 5. The Labute approximate surface area is 227 Å². The predicted octanol–water partition coefficient (Wildman–Crippen LogP) is 4.07. The van der Waals surface area contributed by atoms with Crippen molar-refractivity contribution in [3.8, 4) is 0 Å². The van der Waals surface area contributed by atoms with Crippen molar-refractivity contribution >= 4 is 68.4 Å². The summed E-state index contributed by atoms with van der Waals surface area (Å²) in [4.78, 5) is 42.9. The van der Waals surface area contributed by atoms with E-state index in [2.05, 4.69) is 26.6 Å². The van der Waals surface area contributed by atoms with Crippen LogP contribution in [0.4, 0.5) is 11.4 Å². The minimum atomic E-state index is -0.864. The number of nitrogens with one attached hydrogen (secondary N) is 2. The molecule has 3 heterocycles. The van der Waals surface area contributed by atoms with Gasteiger partial charge in [0.1, 0.15) is 6.04 Å². The van der Waals surface area contributed by atoms with E-state index in [-0.39, 0.29) is 34.4 Å². The maximum atomic E-state index is 13.9. The molecular formula is C26H27BrClN3O4S. The normalized spacial score (nSPS) is 31.3. The molecule has 3 fully saturated rings. The third-order valence-electron chi connectivity index (χ3n) is 7.53. The van der Waals surface area contributed by atoms with Gasteiger partial charge in [0.2, 0.25) is 17.7 Å². The van der Waals surface area contributed by atoms with E-state index < -0.39 is 28.7 Å². The molecule has 3 aliphatic heterocycles. The third-order valence-corrected chi connectivity index (χ3v) is 11.1. The molecule has 0 aliphatic carbocycles. The van der Waals surface area contributed by atoms with E-state index in [9.17, 15) is 19.5 Å². The van der Waals surface area contributed by atoms with Gasteiger partial charge in [-0.25, -0.2) is 0 Å². The number of benzene rings is 2. The van der Waals surface area contributed by atoms with Gasteiger partial charge in [0.15, 0.2) is 0 Å². The summed E-state index contributed by atoms with van der Waals surface area (Å²) in [5.41, 5.74) is 1.96. The van der Waals surface area contributed by atoms with Crippen LogP contribution in [-0.4, -0.2) is 61.2 Å². The number of likely N-dealkylation sites (tertiary alicyclic amines) is 1. The van der Waals surface area contributed by atoms with Crippen LogP contribution in [0.5, 0.6) is 0 Å². The largest absolute Gasteiger partial charge is 0.394 e. The summed E-state index contributed by atoms with van der Waals surface area (Å²) in [5.74, 6) is -2.16. The molecule has 1 spiro atoms. The van der Waals surface area contributed by atoms with Gasteiger partial charge in [-0.15, -0.1) is 11.8 Å². The van der Waals surface area contributed by atoms with Crippen LogP contribution in [0.3, 0.4) is 0 Å². The second-order valence-corrected chi connectivity index (χ2v) is 12.8. The van der Waals surface area contributed by atoms with E-state index in [1.165, 1.54) is 4.90 Å². The predicted molar refractivity (Wildman–Crippen MR) is 145 cm³/mol. The summed E-state index contributed by atoms with van der Waals surface area (Å²) in [6, 6.07) is 13.1. The number of carbonyl (C=O) groups is 3. The van der Waals surface area contributed by atoms with E-state index in [1.807, 2.05) is 31.2 Å². The molecule has 2 aromatic carbocycles. The van der Waals surface area contributed by atoms with Crippen molar-refractivity contribution < 1.29 is 19.5 Å². The molecule has 0 saturated carbocycles. The van der Waals surface area contributed by atoms with Gasteiger partial charge in [-0.2, -0.15) is 0 Å². The maximum absolute atomic E-state index is 13.9. The highest BCUT2D eigenvalue weighted by molar-refractivity contribution is 9.09. The van der Waals surface area contributed by atoms with Gasteiger partial charge in [-0.3, -0.25) is 14.4 Å². The smallest absolute Gasteiger partial charge is 0.248 e. The van der Waals surface area contributed by atoms with Gasteiger partial charge in [0.05, 0.1) is 39.9 Å². The van der Waals surface area contributed by atoms with Crippen LogP contribution in [-0.2, 0) is 14.4 Å². The molecule has 3 N–H and O–H groups in total. The monoisotopic (exact) mass is 591 g/mol. The molecule has 3 amide bonds. The number of fused-ring (bicyclic) bond motifs is 1. The first kappa shape index (κ1) is 25.6. The molecule has 3 aliphatic rings. The van der Waals surface area contributed by atoms with E-state index >= 15 is 0 Å². The van der Waals surface area contributed by atoms with Crippen molar-refractivity contribution in [1.29, 1.82) is 0 Å². The van der Waals surface area contributed by atoms with Crippen LogP contribution in [0.1, 0.15) is 18.9 Å². The lowest BCUT2D eigenvalue weighted by Crippen LogP contribution is -2.54. The zero-order valence-corrected chi connectivity index (χ0v) is 22.9. The molecule has 7 atom stereocenters. The standard InChI is InChI=1S/C26H27BrClN3O4S/c1-13-7-6-10-17(28)20(13)30-24(34)22-26-11-16(27)21(36-26)18(19(26)25(35)31(22)14(2)12-32)23(33)29-15-8-4-3-5-9-15/h3-10,14,16,18-19,21-22,32H,11-12H2,1-2H3,(H,29,33)(H,30,34)/t14-,16?,18+,19+,21+,22?,26?/m1/s1. The molecule has 190 valence electrons. The lowest BCUT2D eigenvalue weighted by Gasteiger charge is -2.36. The number of aryl methyl sites for hydroxylation is 1. The summed E-state index contributed by atoms with van der Waals surface area (Å²) in [5, 5.41) is 16.2. The molecular weight excluding hydrogens is 566 g/mol. The Morgan fingerprint density at radius 3 is 2.58 bits per heavy atom. The third kappa shape index (κ3) is 3.95. The summed E-state index contributed by atoms with van der Waals surface area (Å²) >= 11 is 11.7. The number of aliphatic hydroxyl groups is 1. The second kappa shape index (κ2) is 9.67. The SMILES string of the molecule is Cc1cccc(Cl)c1NC(=O)C1N([C@H](C)CO)C(=O)[C@@H]2[C@H](C(=O)Nc3ccccc3)[C@H]3SC12CC3Br. The van der Waals surface area contributed by atoms with Gasteiger partial charge >= 0.3 is 0 Å². The van der Waals surface area contributed by atoms with Crippen molar-refractivity contribution in [2.24, 2.45) is 11.8 Å². The number of hydrogen-bond donors (Lipinski definition) is 3. The average Bonchev–Trinajstić information content (AvgIpc) is 3.45. The zero-order valence-electron chi connectivity index (χ0n) is 19.8. The van der Waals surface area contributed by atoms with Crippen LogP contribution in [0.2, 0.25) is 5.02 Å². The summed E-state index contributed by atoms with van der Waals surface area (Å²) in [7, 11) is 0. The Balaban J connectivity index is 1.53. The highest BCUT2D eigenvalue weighted by atomic mass is 79.9. The van der Waals surface area contributed by atoms with Crippen molar-refractivity contribution in [2.45, 2.75) is 47.2 Å². The highest BCUT2D eigenvalue weighted by Gasteiger charge is 2.76. The molecule has 10 heteroatoms. The number of nitrogens with zero attached hydrogens (tertiary/aromatic N) is 1. The number of amides is 3. The number of alkyl halides is 1. The first-order valence-electron chi connectivity index (χ1n) is 11.9. The molecule has 2 aromatic rings. The Kier molecular flexibility index (Phi) is 6.87. The van der Waals surface area contributed by atoms with Gasteiger partial charge in [0, 0.05) is 15.8 Å². The number of aliphatic hydroxyl groups excluding tert-OH is 1. The first-order chi connectivity index (χ1) is 17.2. The number of rotatable bonds is 6. The Hall–Kier alpha value is -2.07. The van der Waals surface area contributed by atoms with Crippen LogP contribution in [0, 0.1) is 18.8 Å². The van der Waals surface area contributed by atoms with E-state index in [0.717, 1.165) is 5.56 Å². The molecule has 2 bridgehead atoms. The van der Waals surface area contributed by atoms with E-state index in [1.54, 1.807) is 43.0 Å². The van der Waals surface area contributed by atoms with Crippen LogP contribution in [0.25, 0.3) is 0 Å². The number of para-hydroxylation sites is 2. The number of halogens is 2. The first-order valence-corrected chi connectivity index (χ1v) is 14.0. The summed E-state index contributed by atoms with van der Waals surface area (Å²) in [6.45, 7) is 3.28. The summed E-state index contributed by atoms with van der Waals surface area (Å²) in [6.07, 6.45) is 0.558. The van der Waals surface area contributed by atoms with E-state index in [4.69, 9.17) is 11.6 Å². The molecule has 0 radical (unpaired) electrons. The van der Waals surface area contributed by atoms with Crippen molar-refractivity contribution in [1.82, 2.24) is 4.90 Å². The maximum Gasteiger partial charge on any atom is 0.248 e. The molecule has 3 unspecified atom stereocenters. The second-order valence-electron chi connectivity index (χ2n) is 9.72. The Bertz CT molecular complexity index is 1200. The highest BCUT2D eigenvalue weighted by Crippen LogP contribution is 2.68. The average molecular weight is 593 g/mol. The van der Waals surface area contributed by atoms with Crippen LogP contribution in [0.15, 0.2) is 48.5 Å². The Morgan fingerprint density at radius 2 is 1.92 bits per heavy atom. The van der Waals surface area contributed by atoms with Crippen LogP contribution < -0.4 is 10.6 Å². The topological polar surface area (TPSA) is 98.7 Å². The minimum Gasteiger partial charge on any atom is -0.394 e. The number of anilines is 2. The van der Waals surface area contributed by atoms with Crippen LogP contribution >= 0.6 is 39.3 Å². The number of carbonyl (C=O) groups excluding carboxylic acids is 3. The quantitative estimate of drug-likeness (QED) is 0.440. The van der Waals surface area contributed by atoms with E-state index in [0.29, 0.717) is 22.8 Å². The molecule has 3 saturated heterocycles. The molecule has 36 heavy (non-hydrogen) atoms. The summed E-state index contributed by atoms with van der Waals surface area (Å²) < 4.78 is -0.808. The fourth-order valence-corrected chi connectivity index (χ4v) is 9.83. The van der Waals surface area contributed by atoms with Crippen molar-refractivity contribution in [2.75, 3.05) is 17.2 Å². The van der Waals surface area contributed by atoms with Gasteiger partial charge in [0.25, 0.3) is 0 Å². The van der Waals surface area contributed by atoms with Crippen molar-refractivity contribution in [3.63, 3.8) is 0 Å². The van der Waals surface area contributed by atoms with Gasteiger partial charge in [-0.1, -0.05) is 57.9 Å². The molecule has 0 aromatic heterocycles. The lowest BCUT2D eigenvalue weighted by atomic mass is 9.70.